The minimum absolute atomic E-state index is 0.147. The highest BCUT2D eigenvalue weighted by Crippen LogP contribution is 2.44. The van der Waals surface area contributed by atoms with Gasteiger partial charge in [0.2, 0.25) is 11.1 Å². The minimum atomic E-state index is -0.629. The van der Waals surface area contributed by atoms with Crippen LogP contribution in [-0.4, -0.2) is 33.1 Å². The number of thioether (sulfide) groups is 1. The number of halogens is 2. The summed E-state index contributed by atoms with van der Waals surface area (Å²) in [4.78, 5) is 18.5. The lowest BCUT2D eigenvalue weighted by Crippen LogP contribution is -2.29. The van der Waals surface area contributed by atoms with Crippen LogP contribution in [0.2, 0.25) is 5.02 Å². The Hall–Kier alpha value is -3.47. The predicted molar refractivity (Wildman–Crippen MR) is 173 cm³/mol. The molecule has 224 valence electrons. The average Bonchev–Trinajstić information content (AvgIpc) is 3.41. The first-order valence-electron chi connectivity index (χ1n) is 14.0. The lowest BCUT2D eigenvalue weighted by Gasteiger charge is -2.29. The van der Waals surface area contributed by atoms with E-state index >= 15 is 0 Å². The second-order valence-corrected chi connectivity index (χ2v) is 12.1. The van der Waals surface area contributed by atoms with E-state index < -0.39 is 12.0 Å². The Morgan fingerprint density at radius 1 is 1.07 bits per heavy atom. The van der Waals surface area contributed by atoms with Gasteiger partial charge in [0.1, 0.15) is 19.3 Å². The van der Waals surface area contributed by atoms with Crippen LogP contribution in [0.4, 0.5) is 5.95 Å². The quantitative estimate of drug-likeness (QED) is 0.118. The van der Waals surface area contributed by atoms with E-state index in [1.165, 1.54) is 0 Å². The molecule has 1 aromatic heterocycles. The summed E-state index contributed by atoms with van der Waals surface area (Å²) >= 11 is 11.6. The van der Waals surface area contributed by atoms with Crippen molar-refractivity contribution in [1.82, 2.24) is 14.8 Å². The maximum atomic E-state index is 13.7. The number of benzene rings is 3. The van der Waals surface area contributed by atoms with Gasteiger partial charge in [0.05, 0.1) is 16.7 Å². The number of aromatic nitrogens is 3. The monoisotopic (exact) mass is 682 g/mol. The zero-order chi connectivity index (χ0) is 30.3. The Balaban J connectivity index is 1.53. The number of carbonyl (C=O) groups is 1. The van der Waals surface area contributed by atoms with Crippen LogP contribution in [0.1, 0.15) is 49.9 Å². The largest absolute Gasteiger partial charge is 0.490 e. The number of fused-ring (bicyclic) bond motifs is 1. The molecule has 11 heteroatoms. The highest BCUT2D eigenvalue weighted by molar-refractivity contribution is 9.10. The van der Waals surface area contributed by atoms with E-state index in [1.807, 2.05) is 80.6 Å². The first kappa shape index (κ1) is 31.0. The van der Waals surface area contributed by atoms with Crippen LogP contribution in [0.25, 0.3) is 0 Å². The first-order chi connectivity index (χ1) is 20.9. The van der Waals surface area contributed by atoms with E-state index in [4.69, 9.17) is 35.9 Å². The second-order valence-electron chi connectivity index (χ2n) is 9.78. The Bertz CT molecular complexity index is 1630. The number of carbonyl (C=O) groups excluding carboxylic acids is 1. The van der Waals surface area contributed by atoms with Gasteiger partial charge in [0.25, 0.3) is 0 Å². The van der Waals surface area contributed by atoms with E-state index in [1.54, 1.807) is 16.4 Å². The molecule has 0 aliphatic carbocycles. The Morgan fingerprint density at radius 3 is 2.58 bits per heavy atom. The van der Waals surface area contributed by atoms with Gasteiger partial charge in [-0.2, -0.15) is 4.98 Å². The van der Waals surface area contributed by atoms with Crippen LogP contribution in [-0.2, 0) is 22.7 Å². The van der Waals surface area contributed by atoms with Gasteiger partial charge >= 0.3 is 5.97 Å². The lowest BCUT2D eigenvalue weighted by molar-refractivity contribution is -0.140. The fourth-order valence-electron chi connectivity index (χ4n) is 4.67. The smallest absolute Gasteiger partial charge is 0.338 e. The molecule has 1 N–H and O–H groups in total. The van der Waals surface area contributed by atoms with Crippen molar-refractivity contribution in [2.24, 2.45) is 0 Å². The molecule has 0 amide bonds. The van der Waals surface area contributed by atoms with Crippen molar-refractivity contribution in [3.63, 3.8) is 0 Å². The van der Waals surface area contributed by atoms with Gasteiger partial charge < -0.3 is 19.5 Å². The molecule has 2 heterocycles. The maximum Gasteiger partial charge on any atom is 0.338 e. The topological polar surface area (TPSA) is 87.5 Å². The summed E-state index contributed by atoms with van der Waals surface area (Å²) in [7, 11) is 0. The van der Waals surface area contributed by atoms with Crippen LogP contribution in [0.15, 0.2) is 87.6 Å². The van der Waals surface area contributed by atoms with E-state index in [0.29, 0.717) is 50.0 Å². The van der Waals surface area contributed by atoms with Crippen molar-refractivity contribution < 1.29 is 19.0 Å². The van der Waals surface area contributed by atoms with Gasteiger partial charge in [0.15, 0.2) is 11.5 Å². The first-order valence-corrected chi connectivity index (χ1v) is 16.2. The van der Waals surface area contributed by atoms with Crippen LogP contribution in [0, 0.1) is 0 Å². The standard InChI is InChI=1S/C32H32BrClN4O4S/c1-4-15-43-32-36-31-35-20(3)27(30(39)42-18-21-11-7-6-8-12-21)28(38(31)37-32)23-16-24(33)29(26(17-23)40-5-2)41-19-22-13-9-10-14-25(22)34/h6-14,16-17,28H,4-5,15,18-19H2,1-3H3,(H,35,36,37). The number of nitrogens with one attached hydrogen (secondary N) is 1. The van der Waals surface area contributed by atoms with Gasteiger partial charge in [-0.1, -0.05) is 78.8 Å². The van der Waals surface area contributed by atoms with Gasteiger partial charge in [0, 0.05) is 22.0 Å². The SMILES string of the molecule is CCCSc1nc2n(n1)C(c1cc(Br)c(OCc3ccccc3Cl)c(OCC)c1)C(C(=O)OCc1ccccc1)=C(C)N2. The zero-order valence-electron chi connectivity index (χ0n) is 24.1. The molecule has 0 saturated carbocycles. The number of rotatable bonds is 12. The van der Waals surface area contributed by atoms with Crippen LogP contribution >= 0.6 is 39.3 Å². The number of esters is 1. The number of hydrogen-bond donors (Lipinski definition) is 1. The van der Waals surface area contributed by atoms with Crippen molar-refractivity contribution in [2.75, 3.05) is 17.7 Å². The molecule has 43 heavy (non-hydrogen) atoms. The molecule has 1 unspecified atom stereocenters. The van der Waals surface area contributed by atoms with E-state index in [0.717, 1.165) is 28.9 Å². The fourth-order valence-corrected chi connectivity index (χ4v) is 6.12. The summed E-state index contributed by atoms with van der Waals surface area (Å²) in [5.74, 6) is 2.04. The van der Waals surface area contributed by atoms with Crippen LogP contribution in [0.5, 0.6) is 11.5 Å². The van der Waals surface area contributed by atoms with Crippen molar-refractivity contribution in [1.29, 1.82) is 0 Å². The molecule has 1 aliphatic heterocycles. The molecule has 3 aromatic carbocycles. The molecule has 0 radical (unpaired) electrons. The Labute approximate surface area is 268 Å². The highest BCUT2D eigenvalue weighted by atomic mass is 79.9. The fraction of sp³-hybridized carbons (Fsp3) is 0.281. The number of hydrogen-bond acceptors (Lipinski definition) is 8. The van der Waals surface area contributed by atoms with Gasteiger partial charge in [-0.25, -0.2) is 9.48 Å². The Morgan fingerprint density at radius 2 is 1.84 bits per heavy atom. The third-order valence-electron chi connectivity index (χ3n) is 6.68. The molecular weight excluding hydrogens is 652 g/mol. The van der Waals surface area contributed by atoms with Gasteiger partial charge in [-0.05, 0) is 65.5 Å². The van der Waals surface area contributed by atoms with Crippen LogP contribution < -0.4 is 14.8 Å². The third-order valence-corrected chi connectivity index (χ3v) is 8.68. The normalized spacial score (nSPS) is 14.2. The number of anilines is 1. The van der Waals surface area contributed by atoms with Gasteiger partial charge in [-0.15, -0.1) is 5.10 Å². The van der Waals surface area contributed by atoms with E-state index in [2.05, 4.69) is 28.2 Å². The summed E-state index contributed by atoms with van der Waals surface area (Å²) in [6, 6.07) is 20.3. The Kier molecular flexibility index (Phi) is 10.3. The summed E-state index contributed by atoms with van der Waals surface area (Å²) in [6.07, 6.45) is 0.986. The molecule has 0 fully saturated rings. The predicted octanol–water partition coefficient (Wildman–Crippen LogP) is 8.21. The van der Waals surface area contributed by atoms with E-state index in [-0.39, 0.29) is 13.2 Å². The second kappa shape index (κ2) is 14.3. The molecule has 4 aromatic rings. The molecule has 0 saturated heterocycles. The summed E-state index contributed by atoms with van der Waals surface area (Å²) in [5, 5.41) is 9.33. The summed E-state index contributed by atoms with van der Waals surface area (Å²) in [5.41, 5.74) is 3.58. The van der Waals surface area contributed by atoms with Crippen molar-refractivity contribution in [3.8, 4) is 11.5 Å². The number of allylic oxidation sites excluding steroid dienone is 1. The molecule has 8 nitrogen and oxygen atoms in total. The van der Waals surface area contributed by atoms with Crippen molar-refractivity contribution in [3.05, 3.63) is 104 Å². The maximum absolute atomic E-state index is 13.7. The third kappa shape index (κ3) is 7.20. The molecule has 0 bridgehead atoms. The molecule has 0 spiro atoms. The summed E-state index contributed by atoms with van der Waals surface area (Å²) in [6.45, 7) is 6.69. The summed E-state index contributed by atoms with van der Waals surface area (Å²) < 4.78 is 20.5. The van der Waals surface area contributed by atoms with Crippen molar-refractivity contribution >= 4 is 51.2 Å². The molecule has 1 aliphatic rings. The molecule has 5 rings (SSSR count). The van der Waals surface area contributed by atoms with Crippen molar-refractivity contribution in [2.45, 2.75) is 51.6 Å². The lowest BCUT2D eigenvalue weighted by atomic mass is 9.95. The number of nitrogens with zero attached hydrogens (tertiary/aromatic N) is 3. The molecule has 1 atom stereocenters. The van der Waals surface area contributed by atoms with Crippen LogP contribution in [0.3, 0.4) is 0 Å². The van der Waals surface area contributed by atoms with E-state index in [9.17, 15) is 4.79 Å². The molecular formula is C32H32BrClN4O4S. The van der Waals surface area contributed by atoms with Gasteiger partial charge in [-0.3, -0.25) is 0 Å². The minimum Gasteiger partial charge on any atom is -0.490 e. The highest BCUT2D eigenvalue weighted by Gasteiger charge is 2.36. The average molecular weight is 684 g/mol. The zero-order valence-corrected chi connectivity index (χ0v) is 27.3. The number of ether oxygens (including phenoxy) is 3.